The molecule has 2 fully saturated rings. The van der Waals surface area contributed by atoms with Crippen molar-refractivity contribution < 1.29 is 4.84 Å². The summed E-state index contributed by atoms with van der Waals surface area (Å²) in [5, 5.41) is 0. The molecule has 2 unspecified atom stereocenters. The zero-order valence-corrected chi connectivity index (χ0v) is 6.31. The molecule has 2 atom stereocenters. The fourth-order valence-corrected chi connectivity index (χ4v) is 2.07. The Kier molecular flexibility index (Phi) is 1.91. The molecule has 2 rings (SSSR count). The van der Waals surface area contributed by atoms with Crippen molar-refractivity contribution in [2.45, 2.75) is 38.2 Å². The molecule has 0 radical (unpaired) electrons. The normalized spacial score (nSPS) is 40.8. The Balaban J connectivity index is 1.93. The van der Waals surface area contributed by atoms with Gasteiger partial charge >= 0.3 is 0 Å². The Morgan fingerprint density at radius 1 is 1.10 bits per heavy atom. The molecule has 10 heavy (non-hydrogen) atoms. The van der Waals surface area contributed by atoms with Crippen molar-refractivity contribution >= 4 is 0 Å². The molecule has 1 aliphatic carbocycles. The first-order valence-corrected chi connectivity index (χ1v) is 4.35. The van der Waals surface area contributed by atoms with Gasteiger partial charge < -0.3 is 0 Å². The van der Waals surface area contributed by atoms with Crippen molar-refractivity contribution in [3.8, 4) is 0 Å². The molecule has 1 saturated heterocycles. The summed E-state index contributed by atoms with van der Waals surface area (Å²) in [5.41, 5.74) is 2.98. The lowest BCUT2D eigenvalue weighted by atomic mass is 9.84. The maximum Gasteiger partial charge on any atom is 0.0818 e. The van der Waals surface area contributed by atoms with Crippen molar-refractivity contribution in [2.24, 2.45) is 5.92 Å². The number of rotatable bonds is 0. The molecule has 58 valence electrons. The van der Waals surface area contributed by atoms with Crippen molar-refractivity contribution in [1.82, 2.24) is 5.48 Å². The van der Waals surface area contributed by atoms with Crippen LogP contribution in [0.1, 0.15) is 32.1 Å². The van der Waals surface area contributed by atoms with Gasteiger partial charge in [-0.25, -0.2) is 5.48 Å². The van der Waals surface area contributed by atoms with Crippen LogP contribution in [0.2, 0.25) is 0 Å². The zero-order chi connectivity index (χ0) is 6.81. The third-order valence-electron chi connectivity index (χ3n) is 2.69. The lowest BCUT2D eigenvalue weighted by molar-refractivity contribution is -0.103. The highest BCUT2D eigenvalue weighted by atomic mass is 16.7. The van der Waals surface area contributed by atoms with Crippen molar-refractivity contribution in [2.75, 3.05) is 6.54 Å². The molecule has 0 aromatic rings. The Morgan fingerprint density at radius 2 is 2.00 bits per heavy atom. The minimum absolute atomic E-state index is 0.544. The monoisotopic (exact) mass is 141 g/mol. The Morgan fingerprint density at radius 3 is 2.90 bits per heavy atom. The van der Waals surface area contributed by atoms with E-state index in [0.717, 1.165) is 12.5 Å². The van der Waals surface area contributed by atoms with E-state index in [2.05, 4.69) is 5.48 Å². The van der Waals surface area contributed by atoms with Crippen LogP contribution in [0.5, 0.6) is 0 Å². The molecule has 0 aromatic heterocycles. The minimum Gasteiger partial charge on any atom is -0.298 e. The van der Waals surface area contributed by atoms with E-state index in [1.54, 1.807) is 0 Å². The number of nitrogens with one attached hydrogen (secondary N) is 1. The lowest BCUT2D eigenvalue weighted by Gasteiger charge is -2.34. The van der Waals surface area contributed by atoms with Gasteiger partial charge in [-0.05, 0) is 25.2 Å². The van der Waals surface area contributed by atoms with Crippen molar-refractivity contribution in [1.29, 1.82) is 0 Å². The standard InChI is InChI=1S/C8H15NO/c1-2-4-8-7(3-1)5-6-9-10-8/h7-9H,1-6H2. The van der Waals surface area contributed by atoms with E-state index in [4.69, 9.17) is 4.84 Å². The van der Waals surface area contributed by atoms with Crippen LogP contribution in [0.4, 0.5) is 0 Å². The molecule has 0 spiro atoms. The van der Waals surface area contributed by atoms with Crippen LogP contribution in [0.3, 0.4) is 0 Å². The van der Waals surface area contributed by atoms with Crippen LogP contribution in [-0.4, -0.2) is 12.6 Å². The first kappa shape index (κ1) is 6.62. The minimum atomic E-state index is 0.544. The van der Waals surface area contributed by atoms with E-state index in [9.17, 15) is 0 Å². The Bertz CT molecular complexity index is 89.8. The van der Waals surface area contributed by atoms with Gasteiger partial charge in [-0.3, -0.25) is 4.84 Å². The predicted molar refractivity (Wildman–Crippen MR) is 39.5 cm³/mol. The summed E-state index contributed by atoms with van der Waals surface area (Å²) < 4.78 is 0. The van der Waals surface area contributed by atoms with Gasteiger partial charge in [0.25, 0.3) is 0 Å². The molecule has 1 saturated carbocycles. The van der Waals surface area contributed by atoms with Gasteiger partial charge in [-0.2, -0.15) is 0 Å². The second-order valence-electron chi connectivity index (χ2n) is 3.38. The van der Waals surface area contributed by atoms with Crippen LogP contribution < -0.4 is 5.48 Å². The maximum atomic E-state index is 5.43. The van der Waals surface area contributed by atoms with Gasteiger partial charge in [0.2, 0.25) is 0 Å². The molecular weight excluding hydrogens is 126 g/mol. The smallest absolute Gasteiger partial charge is 0.0818 e. The van der Waals surface area contributed by atoms with Crippen LogP contribution in [0.25, 0.3) is 0 Å². The van der Waals surface area contributed by atoms with Gasteiger partial charge in [-0.15, -0.1) is 0 Å². The number of hydrogen-bond donors (Lipinski definition) is 1. The summed E-state index contributed by atoms with van der Waals surface area (Å²) >= 11 is 0. The third-order valence-corrected chi connectivity index (χ3v) is 2.69. The van der Waals surface area contributed by atoms with Gasteiger partial charge in [0, 0.05) is 6.54 Å². The zero-order valence-electron chi connectivity index (χ0n) is 6.31. The van der Waals surface area contributed by atoms with E-state index in [1.165, 1.54) is 32.1 Å². The molecule has 0 bridgehead atoms. The molecule has 2 nitrogen and oxygen atoms in total. The van der Waals surface area contributed by atoms with E-state index in [0.29, 0.717) is 6.10 Å². The van der Waals surface area contributed by atoms with E-state index >= 15 is 0 Å². The second kappa shape index (κ2) is 2.89. The SMILES string of the molecule is C1CCC2ONCCC2C1. The van der Waals surface area contributed by atoms with Gasteiger partial charge in [0.15, 0.2) is 0 Å². The topological polar surface area (TPSA) is 21.3 Å². The van der Waals surface area contributed by atoms with Gasteiger partial charge in [0.05, 0.1) is 6.10 Å². The highest BCUT2D eigenvalue weighted by Gasteiger charge is 2.28. The quantitative estimate of drug-likeness (QED) is 0.551. The number of hydroxylamine groups is 1. The van der Waals surface area contributed by atoms with Gasteiger partial charge in [-0.1, -0.05) is 12.8 Å². The highest BCUT2D eigenvalue weighted by Crippen LogP contribution is 2.30. The summed E-state index contributed by atoms with van der Waals surface area (Å²) in [6.45, 7) is 1.06. The van der Waals surface area contributed by atoms with Crippen LogP contribution in [0, 0.1) is 5.92 Å². The van der Waals surface area contributed by atoms with Crippen molar-refractivity contribution in [3.05, 3.63) is 0 Å². The largest absolute Gasteiger partial charge is 0.298 e. The highest BCUT2D eigenvalue weighted by molar-refractivity contribution is 4.77. The van der Waals surface area contributed by atoms with Crippen LogP contribution in [0.15, 0.2) is 0 Å². The molecule has 0 aromatic carbocycles. The molecule has 0 amide bonds. The summed E-state index contributed by atoms with van der Waals surface area (Å²) in [6.07, 6.45) is 7.32. The van der Waals surface area contributed by atoms with Crippen molar-refractivity contribution in [3.63, 3.8) is 0 Å². The van der Waals surface area contributed by atoms with E-state index in [1.807, 2.05) is 0 Å². The number of fused-ring (bicyclic) bond motifs is 1. The lowest BCUT2D eigenvalue weighted by Crippen LogP contribution is -2.40. The molecule has 2 heteroatoms. The fourth-order valence-electron chi connectivity index (χ4n) is 2.07. The summed E-state index contributed by atoms with van der Waals surface area (Å²) in [4.78, 5) is 5.43. The number of hydrogen-bond acceptors (Lipinski definition) is 2. The average Bonchev–Trinajstić information content (AvgIpc) is 2.05. The first-order valence-electron chi connectivity index (χ1n) is 4.35. The van der Waals surface area contributed by atoms with E-state index < -0.39 is 0 Å². The predicted octanol–water partition coefficient (Wildman–Crippen LogP) is 1.47. The van der Waals surface area contributed by atoms with Gasteiger partial charge in [0.1, 0.15) is 0 Å². The van der Waals surface area contributed by atoms with Crippen LogP contribution in [-0.2, 0) is 4.84 Å². The third kappa shape index (κ3) is 1.18. The second-order valence-corrected chi connectivity index (χ2v) is 3.38. The molecule has 1 N–H and O–H groups in total. The Labute approximate surface area is 61.9 Å². The molecule has 1 aliphatic heterocycles. The average molecular weight is 141 g/mol. The molecule has 2 aliphatic rings. The summed E-state index contributed by atoms with van der Waals surface area (Å²) in [5.74, 6) is 0.870. The maximum absolute atomic E-state index is 5.43. The van der Waals surface area contributed by atoms with E-state index in [-0.39, 0.29) is 0 Å². The first-order chi connectivity index (χ1) is 4.97. The fraction of sp³-hybridized carbons (Fsp3) is 1.00. The molecule has 1 heterocycles. The summed E-state index contributed by atoms with van der Waals surface area (Å²) in [6, 6.07) is 0. The summed E-state index contributed by atoms with van der Waals surface area (Å²) in [7, 11) is 0. The Hall–Kier alpha value is -0.0800. The molecular formula is C8H15NO. The van der Waals surface area contributed by atoms with Crippen LogP contribution >= 0.6 is 0 Å².